The Bertz CT molecular complexity index is 665. The molecule has 1 fully saturated rings. The fourth-order valence-electron chi connectivity index (χ4n) is 2.69. The fraction of sp³-hybridized carbons (Fsp3) is 0.211. The van der Waals surface area contributed by atoms with Gasteiger partial charge >= 0.3 is 5.97 Å². The van der Waals surface area contributed by atoms with E-state index in [1.54, 1.807) is 24.3 Å². The van der Waals surface area contributed by atoms with Crippen molar-refractivity contribution in [2.45, 2.75) is 18.8 Å². The summed E-state index contributed by atoms with van der Waals surface area (Å²) in [4.78, 5) is 12.3. The van der Waals surface area contributed by atoms with Gasteiger partial charge in [0.1, 0.15) is 5.75 Å². The fourth-order valence-corrected chi connectivity index (χ4v) is 2.69. The molecule has 0 heterocycles. The lowest BCUT2D eigenvalue weighted by Gasteiger charge is -2.34. The normalized spacial score (nSPS) is 20.1. The van der Waals surface area contributed by atoms with Crippen LogP contribution in [0, 0.1) is 18.3 Å². The Morgan fingerprint density at radius 1 is 1.05 bits per heavy atom. The van der Waals surface area contributed by atoms with E-state index in [2.05, 4.69) is 18.1 Å². The van der Waals surface area contributed by atoms with Gasteiger partial charge in [-0.3, -0.25) is 4.79 Å². The van der Waals surface area contributed by atoms with Crippen LogP contribution >= 0.6 is 0 Å². The van der Waals surface area contributed by atoms with E-state index in [0.717, 1.165) is 18.4 Å². The Labute approximate surface area is 124 Å². The average molecular weight is 276 g/mol. The molecule has 1 aliphatic rings. The molecule has 2 heteroatoms. The first kappa shape index (κ1) is 13.5. The summed E-state index contributed by atoms with van der Waals surface area (Å²) in [7, 11) is 0. The summed E-state index contributed by atoms with van der Waals surface area (Å²) in [5.74, 6) is 3.18. The van der Waals surface area contributed by atoms with Crippen molar-refractivity contribution in [3.05, 3.63) is 65.7 Å². The molecular weight excluding hydrogens is 260 g/mol. The van der Waals surface area contributed by atoms with Crippen LogP contribution in [0.4, 0.5) is 0 Å². The third kappa shape index (κ3) is 2.83. The summed E-state index contributed by atoms with van der Waals surface area (Å²) in [5.41, 5.74) is 1.99. The molecule has 104 valence electrons. The Morgan fingerprint density at radius 2 is 1.76 bits per heavy atom. The van der Waals surface area contributed by atoms with Gasteiger partial charge in [0.05, 0.1) is 5.92 Å². The van der Waals surface area contributed by atoms with Crippen LogP contribution in [0.5, 0.6) is 5.75 Å². The molecule has 21 heavy (non-hydrogen) atoms. The van der Waals surface area contributed by atoms with Gasteiger partial charge in [-0.15, -0.1) is 6.42 Å². The van der Waals surface area contributed by atoms with Crippen LogP contribution in [0.25, 0.3) is 0 Å². The van der Waals surface area contributed by atoms with Crippen LogP contribution in [-0.4, -0.2) is 5.97 Å². The van der Waals surface area contributed by atoms with Crippen molar-refractivity contribution >= 4 is 5.97 Å². The summed E-state index contributed by atoms with van der Waals surface area (Å²) < 4.78 is 5.46. The van der Waals surface area contributed by atoms with Crippen LogP contribution in [0.1, 0.15) is 29.9 Å². The predicted octanol–water partition coefficient (Wildman–Crippen LogP) is 3.77. The Morgan fingerprint density at radius 3 is 2.33 bits per heavy atom. The van der Waals surface area contributed by atoms with E-state index in [9.17, 15) is 4.79 Å². The van der Waals surface area contributed by atoms with Gasteiger partial charge in [0.25, 0.3) is 0 Å². The summed E-state index contributed by atoms with van der Waals surface area (Å²) in [5, 5.41) is 0. The Kier molecular flexibility index (Phi) is 3.75. The van der Waals surface area contributed by atoms with Gasteiger partial charge in [0, 0.05) is 5.56 Å². The number of terminal acetylenes is 1. The predicted molar refractivity (Wildman–Crippen MR) is 81.9 cm³/mol. The molecule has 0 radical (unpaired) electrons. The molecule has 1 saturated carbocycles. The number of hydrogen-bond donors (Lipinski definition) is 0. The topological polar surface area (TPSA) is 26.3 Å². The van der Waals surface area contributed by atoms with Crippen LogP contribution < -0.4 is 4.74 Å². The zero-order valence-electron chi connectivity index (χ0n) is 11.7. The zero-order chi connectivity index (χ0) is 14.7. The first-order valence-electron chi connectivity index (χ1n) is 7.11. The summed E-state index contributed by atoms with van der Waals surface area (Å²) in [6, 6.07) is 17.2. The smallest absolute Gasteiger partial charge is 0.314 e. The minimum atomic E-state index is -0.149. The Hall–Kier alpha value is -2.53. The summed E-state index contributed by atoms with van der Waals surface area (Å²) >= 11 is 0. The van der Waals surface area contributed by atoms with Gasteiger partial charge in [-0.2, -0.15) is 0 Å². The molecule has 0 aliphatic heterocycles. The minimum Gasteiger partial charge on any atom is -0.426 e. The van der Waals surface area contributed by atoms with Crippen LogP contribution in [-0.2, 0) is 4.79 Å². The standard InChI is InChI=1S/C19H16O2/c1-2-14-8-10-16(11-9-14)21-19(20)18-13-12-17(18)15-6-4-3-5-7-15/h1,3-11,17-18H,12-13H2/t17?,18-/m1/s1. The number of rotatable bonds is 3. The van der Waals surface area contributed by atoms with Crippen molar-refractivity contribution in [3.63, 3.8) is 0 Å². The number of esters is 1. The van der Waals surface area contributed by atoms with Crippen molar-refractivity contribution in [3.8, 4) is 18.1 Å². The third-order valence-electron chi connectivity index (χ3n) is 4.04. The lowest BCUT2D eigenvalue weighted by Crippen LogP contribution is -2.34. The molecular formula is C19H16O2. The van der Waals surface area contributed by atoms with Crippen molar-refractivity contribution in [2.24, 2.45) is 5.92 Å². The molecule has 2 nitrogen and oxygen atoms in total. The molecule has 1 unspecified atom stereocenters. The highest BCUT2D eigenvalue weighted by molar-refractivity contribution is 5.77. The highest BCUT2D eigenvalue weighted by atomic mass is 16.5. The van der Waals surface area contributed by atoms with Gasteiger partial charge in [0.15, 0.2) is 0 Å². The quantitative estimate of drug-likeness (QED) is 0.484. The highest BCUT2D eigenvalue weighted by Crippen LogP contribution is 2.43. The van der Waals surface area contributed by atoms with Crippen LogP contribution in [0.2, 0.25) is 0 Å². The van der Waals surface area contributed by atoms with E-state index in [0.29, 0.717) is 5.75 Å². The summed E-state index contributed by atoms with van der Waals surface area (Å²) in [6.45, 7) is 0. The maximum Gasteiger partial charge on any atom is 0.314 e. The van der Waals surface area contributed by atoms with Gasteiger partial charge in [0.2, 0.25) is 0 Å². The third-order valence-corrected chi connectivity index (χ3v) is 4.04. The van der Waals surface area contributed by atoms with E-state index >= 15 is 0 Å². The molecule has 2 atom stereocenters. The van der Waals surface area contributed by atoms with Crippen molar-refractivity contribution < 1.29 is 9.53 Å². The van der Waals surface area contributed by atoms with Crippen LogP contribution in [0.15, 0.2) is 54.6 Å². The lowest BCUT2D eigenvalue weighted by molar-refractivity contribution is -0.142. The largest absolute Gasteiger partial charge is 0.426 e. The molecule has 0 saturated heterocycles. The number of carbonyl (C=O) groups is 1. The second-order valence-corrected chi connectivity index (χ2v) is 5.29. The summed E-state index contributed by atoms with van der Waals surface area (Å²) in [6.07, 6.45) is 7.24. The first-order valence-corrected chi connectivity index (χ1v) is 7.11. The molecule has 0 N–H and O–H groups in total. The number of carbonyl (C=O) groups excluding carboxylic acids is 1. The van der Waals surface area contributed by atoms with Gasteiger partial charge in [-0.25, -0.2) is 0 Å². The van der Waals surface area contributed by atoms with Crippen LogP contribution in [0.3, 0.4) is 0 Å². The lowest BCUT2D eigenvalue weighted by atomic mass is 9.70. The first-order chi connectivity index (χ1) is 10.3. The number of benzene rings is 2. The maximum atomic E-state index is 12.3. The van der Waals surface area contributed by atoms with E-state index in [-0.39, 0.29) is 17.8 Å². The maximum absolute atomic E-state index is 12.3. The Balaban J connectivity index is 1.67. The molecule has 1 aliphatic carbocycles. The van der Waals surface area contributed by atoms with Gasteiger partial charge in [-0.1, -0.05) is 36.3 Å². The highest BCUT2D eigenvalue weighted by Gasteiger charge is 2.38. The molecule has 3 rings (SSSR count). The number of hydrogen-bond acceptors (Lipinski definition) is 2. The minimum absolute atomic E-state index is 0.0419. The molecule has 2 aromatic rings. The van der Waals surface area contributed by atoms with Gasteiger partial charge in [-0.05, 0) is 48.6 Å². The molecule has 0 spiro atoms. The van der Waals surface area contributed by atoms with Gasteiger partial charge < -0.3 is 4.74 Å². The van der Waals surface area contributed by atoms with Crippen molar-refractivity contribution in [1.29, 1.82) is 0 Å². The molecule has 0 aromatic heterocycles. The van der Waals surface area contributed by atoms with E-state index in [1.807, 2.05) is 18.2 Å². The number of ether oxygens (including phenoxy) is 1. The zero-order valence-corrected chi connectivity index (χ0v) is 11.7. The van der Waals surface area contributed by atoms with E-state index in [4.69, 9.17) is 11.2 Å². The second-order valence-electron chi connectivity index (χ2n) is 5.29. The second kappa shape index (κ2) is 5.85. The van der Waals surface area contributed by atoms with E-state index < -0.39 is 0 Å². The van der Waals surface area contributed by atoms with E-state index in [1.165, 1.54) is 5.56 Å². The molecule has 2 aromatic carbocycles. The van der Waals surface area contributed by atoms with Crippen molar-refractivity contribution in [1.82, 2.24) is 0 Å². The molecule has 0 amide bonds. The SMILES string of the molecule is C#Cc1ccc(OC(=O)[C@@H]2CCC2c2ccccc2)cc1. The van der Waals surface area contributed by atoms with Crippen molar-refractivity contribution in [2.75, 3.05) is 0 Å². The molecule has 0 bridgehead atoms. The average Bonchev–Trinajstić information content (AvgIpc) is 2.48. The monoisotopic (exact) mass is 276 g/mol.